The predicted octanol–water partition coefficient (Wildman–Crippen LogP) is -0.620. The smallest absolute Gasteiger partial charge is 0.225 e. The molecule has 0 spiro atoms. The minimum absolute atomic E-state index is 0.0612. The van der Waals surface area contributed by atoms with Crippen LogP contribution in [0, 0.1) is 0 Å². The van der Waals surface area contributed by atoms with E-state index in [2.05, 4.69) is 9.97 Å². The van der Waals surface area contributed by atoms with Crippen molar-refractivity contribution in [3.63, 3.8) is 0 Å². The van der Waals surface area contributed by atoms with E-state index in [1.807, 2.05) is 4.90 Å². The van der Waals surface area contributed by atoms with Crippen LogP contribution < -0.4 is 10.6 Å². The van der Waals surface area contributed by atoms with Crippen molar-refractivity contribution in [3.8, 4) is 0 Å². The third kappa shape index (κ3) is 3.73. The number of ether oxygens (including phenoxy) is 1. The Hall–Kier alpha value is -1.24. The van der Waals surface area contributed by atoms with Gasteiger partial charge in [0.25, 0.3) is 0 Å². The van der Waals surface area contributed by atoms with Crippen molar-refractivity contribution >= 4 is 5.95 Å². The number of anilines is 1. The molecule has 0 atom stereocenters. The van der Waals surface area contributed by atoms with Gasteiger partial charge in [-0.05, 0) is 0 Å². The quantitative estimate of drug-likeness (QED) is 0.644. The molecule has 6 nitrogen and oxygen atoms in total. The highest BCUT2D eigenvalue weighted by Gasteiger charge is 2.08. The van der Waals surface area contributed by atoms with Crippen LogP contribution in [0.1, 0.15) is 5.56 Å². The molecule has 1 aromatic rings. The van der Waals surface area contributed by atoms with Gasteiger partial charge in [0.2, 0.25) is 5.95 Å². The van der Waals surface area contributed by atoms with Crippen molar-refractivity contribution in [2.75, 3.05) is 38.3 Å². The first-order valence-corrected chi connectivity index (χ1v) is 5.17. The summed E-state index contributed by atoms with van der Waals surface area (Å²) in [4.78, 5) is 10.2. The number of nitrogens with two attached hydrogens (primary N) is 1. The number of aliphatic hydroxyl groups excluding tert-OH is 1. The summed E-state index contributed by atoms with van der Waals surface area (Å²) < 4.78 is 4.99. The van der Waals surface area contributed by atoms with Gasteiger partial charge in [0, 0.05) is 44.7 Å². The Kier molecular flexibility index (Phi) is 5.69. The van der Waals surface area contributed by atoms with Gasteiger partial charge in [-0.3, -0.25) is 0 Å². The van der Waals surface area contributed by atoms with Crippen LogP contribution in [0.15, 0.2) is 12.4 Å². The summed E-state index contributed by atoms with van der Waals surface area (Å²) in [6.45, 7) is 2.20. The number of hydrogen-bond donors (Lipinski definition) is 2. The van der Waals surface area contributed by atoms with Crippen LogP contribution in [0.5, 0.6) is 0 Å². The lowest BCUT2D eigenvalue weighted by Gasteiger charge is -2.20. The number of methoxy groups -OCH3 is 1. The molecular weight excluding hydrogens is 208 g/mol. The fraction of sp³-hybridized carbons (Fsp3) is 0.600. The Balaban J connectivity index is 2.67. The molecular formula is C10H18N4O2. The molecule has 0 aliphatic rings. The lowest BCUT2D eigenvalue weighted by Crippen LogP contribution is -2.31. The Labute approximate surface area is 95.1 Å². The van der Waals surface area contributed by atoms with Crippen molar-refractivity contribution in [2.45, 2.75) is 6.54 Å². The van der Waals surface area contributed by atoms with Gasteiger partial charge < -0.3 is 20.5 Å². The van der Waals surface area contributed by atoms with Crippen LogP contribution in [-0.2, 0) is 11.3 Å². The normalized spacial score (nSPS) is 10.4. The van der Waals surface area contributed by atoms with Gasteiger partial charge in [-0.15, -0.1) is 0 Å². The van der Waals surface area contributed by atoms with Crippen LogP contribution in [0.25, 0.3) is 0 Å². The van der Waals surface area contributed by atoms with Gasteiger partial charge in [0.15, 0.2) is 0 Å². The fourth-order valence-corrected chi connectivity index (χ4v) is 1.25. The van der Waals surface area contributed by atoms with E-state index < -0.39 is 0 Å². The maximum absolute atomic E-state index is 8.94. The molecule has 3 N–H and O–H groups in total. The molecule has 0 aliphatic heterocycles. The largest absolute Gasteiger partial charge is 0.395 e. The van der Waals surface area contributed by atoms with E-state index in [0.717, 1.165) is 5.56 Å². The van der Waals surface area contributed by atoms with E-state index >= 15 is 0 Å². The summed E-state index contributed by atoms with van der Waals surface area (Å²) in [5, 5.41) is 8.94. The van der Waals surface area contributed by atoms with Crippen LogP contribution >= 0.6 is 0 Å². The second kappa shape index (κ2) is 7.10. The van der Waals surface area contributed by atoms with Gasteiger partial charge in [-0.1, -0.05) is 0 Å². The third-order valence-corrected chi connectivity index (χ3v) is 2.15. The van der Waals surface area contributed by atoms with Crippen molar-refractivity contribution in [3.05, 3.63) is 18.0 Å². The van der Waals surface area contributed by atoms with Crippen LogP contribution in [0.3, 0.4) is 0 Å². The zero-order valence-electron chi connectivity index (χ0n) is 9.46. The molecule has 0 amide bonds. The first kappa shape index (κ1) is 12.8. The number of nitrogens with zero attached hydrogens (tertiary/aromatic N) is 3. The summed E-state index contributed by atoms with van der Waals surface area (Å²) in [5.41, 5.74) is 6.35. The SMILES string of the molecule is COCCN(CCO)c1ncc(CN)cn1. The lowest BCUT2D eigenvalue weighted by atomic mass is 10.3. The molecule has 0 bridgehead atoms. The van der Waals surface area contributed by atoms with Gasteiger partial charge in [0.05, 0.1) is 13.2 Å². The van der Waals surface area contributed by atoms with Crippen molar-refractivity contribution < 1.29 is 9.84 Å². The molecule has 6 heteroatoms. The van der Waals surface area contributed by atoms with Crippen molar-refractivity contribution in [1.29, 1.82) is 0 Å². The Morgan fingerprint density at radius 1 is 1.38 bits per heavy atom. The number of rotatable bonds is 7. The summed E-state index contributed by atoms with van der Waals surface area (Å²) in [7, 11) is 1.63. The number of aromatic nitrogens is 2. The topological polar surface area (TPSA) is 84.5 Å². The summed E-state index contributed by atoms with van der Waals surface area (Å²) in [6, 6.07) is 0. The van der Waals surface area contributed by atoms with E-state index in [1.165, 1.54) is 0 Å². The minimum atomic E-state index is 0.0612. The van der Waals surface area contributed by atoms with Gasteiger partial charge in [0.1, 0.15) is 0 Å². The molecule has 0 aromatic carbocycles. The predicted molar refractivity (Wildman–Crippen MR) is 61.1 cm³/mol. The maximum Gasteiger partial charge on any atom is 0.225 e. The minimum Gasteiger partial charge on any atom is -0.395 e. The average molecular weight is 226 g/mol. The highest BCUT2D eigenvalue weighted by atomic mass is 16.5. The summed E-state index contributed by atoms with van der Waals surface area (Å²) >= 11 is 0. The van der Waals surface area contributed by atoms with E-state index in [9.17, 15) is 0 Å². The Morgan fingerprint density at radius 2 is 2.06 bits per heavy atom. The third-order valence-electron chi connectivity index (χ3n) is 2.15. The molecule has 16 heavy (non-hydrogen) atoms. The molecule has 0 saturated carbocycles. The number of hydrogen-bond acceptors (Lipinski definition) is 6. The molecule has 0 fully saturated rings. The van der Waals surface area contributed by atoms with Crippen LogP contribution in [0.2, 0.25) is 0 Å². The fourth-order valence-electron chi connectivity index (χ4n) is 1.25. The Bertz CT molecular complexity index is 291. The van der Waals surface area contributed by atoms with Crippen molar-refractivity contribution in [2.24, 2.45) is 5.73 Å². The average Bonchev–Trinajstić information content (AvgIpc) is 2.35. The highest BCUT2D eigenvalue weighted by molar-refractivity contribution is 5.29. The Morgan fingerprint density at radius 3 is 2.56 bits per heavy atom. The highest BCUT2D eigenvalue weighted by Crippen LogP contribution is 2.06. The number of aliphatic hydroxyl groups is 1. The van der Waals surface area contributed by atoms with Gasteiger partial charge in [-0.25, -0.2) is 9.97 Å². The molecule has 0 radical (unpaired) electrons. The summed E-state index contributed by atoms with van der Waals surface area (Å²) in [6.07, 6.45) is 3.39. The molecule has 0 aliphatic carbocycles. The monoisotopic (exact) mass is 226 g/mol. The van der Waals surface area contributed by atoms with Crippen LogP contribution in [0.4, 0.5) is 5.95 Å². The first-order valence-electron chi connectivity index (χ1n) is 5.17. The standard InChI is InChI=1S/C10H18N4O2/c1-16-5-3-14(2-4-15)10-12-7-9(6-11)8-13-10/h7-8,15H,2-6,11H2,1H3. The molecule has 90 valence electrons. The van der Waals surface area contributed by atoms with Crippen molar-refractivity contribution in [1.82, 2.24) is 9.97 Å². The van der Waals surface area contributed by atoms with E-state index in [1.54, 1.807) is 19.5 Å². The van der Waals surface area contributed by atoms with Crippen LogP contribution in [-0.4, -0.2) is 48.5 Å². The molecule has 0 unspecified atom stereocenters. The molecule has 0 saturated heterocycles. The first-order chi connectivity index (χ1) is 7.81. The maximum atomic E-state index is 8.94. The van der Waals surface area contributed by atoms with E-state index in [-0.39, 0.29) is 6.61 Å². The zero-order valence-corrected chi connectivity index (χ0v) is 9.46. The second-order valence-electron chi connectivity index (χ2n) is 3.30. The van der Waals surface area contributed by atoms with E-state index in [4.69, 9.17) is 15.6 Å². The van der Waals surface area contributed by atoms with Gasteiger partial charge in [-0.2, -0.15) is 0 Å². The van der Waals surface area contributed by atoms with E-state index in [0.29, 0.717) is 32.2 Å². The molecule has 1 rings (SSSR count). The van der Waals surface area contributed by atoms with Gasteiger partial charge >= 0.3 is 0 Å². The summed E-state index contributed by atoms with van der Waals surface area (Å²) in [5.74, 6) is 0.586. The molecule has 1 aromatic heterocycles. The lowest BCUT2D eigenvalue weighted by molar-refractivity contribution is 0.202. The molecule has 1 heterocycles. The second-order valence-corrected chi connectivity index (χ2v) is 3.30. The zero-order chi connectivity index (χ0) is 11.8.